The summed E-state index contributed by atoms with van der Waals surface area (Å²) in [5.74, 6) is 2.02. The smallest absolute Gasteiger partial charge is 0.229 e. The molecule has 0 aromatic heterocycles. The monoisotopic (exact) mass is 305 g/mol. The summed E-state index contributed by atoms with van der Waals surface area (Å²) >= 11 is 0. The highest BCUT2D eigenvalue weighted by Crippen LogP contribution is 2.46. The number of amides is 2. The SMILES string of the molecule is O=C1CCC(=O)N1CCN1CCN([C@@H]2C[C@@H]3CC[C@@H]2C3)CC1. The normalized spacial score (nSPS) is 36.7. The first-order chi connectivity index (χ1) is 10.7. The molecule has 0 N–H and O–H groups in total. The molecule has 5 heteroatoms. The molecular weight excluding hydrogens is 278 g/mol. The van der Waals surface area contributed by atoms with Crippen LogP contribution < -0.4 is 0 Å². The van der Waals surface area contributed by atoms with E-state index in [1.54, 1.807) is 0 Å². The first-order valence-electron chi connectivity index (χ1n) is 9.00. The van der Waals surface area contributed by atoms with E-state index in [9.17, 15) is 9.59 Å². The van der Waals surface area contributed by atoms with E-state index in [1.165, 1.54) is 30.6 Å². The summed E-state index contributed by atoms with van der Waals surface area (Å²) < 4.78 is 0. The lowest BCUT2D eigenvalue weighted by Gasteiger charge is -2.41. The maximum Gasteiger partial charge on any atom is 0.229 e. The molecule has 2 saturated carbocycles. The van der Waals surface area contributed by atoms with Crippen LogP contribution in [-0.2, 0) is 9.59 Å². The molecular formula is C17H27N3O2. The van der Waals surface area contributed by atoms with Crippen molar-refractivity contribution in [3.05, 3.63) is 0 Å². The molecule has 4 fully saturated rings. The standard InChI is InChI=1S/C17H27N3O2/c21-16-3-4-17(22)20(16)10-7-18-5-8-19(9-6-18)15-12-13-1-2-14(15)11-13/h13-15H,1-12H2/t13-,14-,15-/m1/s1. The molecule has 0 aromatic carbocycles. The van der Waals surface area contributed by atoms with Gasteiger partial charge in [-0.1, -0.05) is 6.42 Å². The largest absolute Gasteiger partial charge is 0.299 e. The summed E-state index contributed by atoms with van der Waals surface area (Å²) in [5, 5.41) is 0. The topological polar surface area (TPSA) is 43.9 Å². The predicted molar refractivity (Wildman–Crippen MR) is 83.2 cm³/mol. The van der Waals surface area contributed by atoms with Crippen LogP contribution in [-0.4, -0.2) is 71.8 Å². The van der Waals surface area contributed by atoms with Gasteiger partial charge >= 0.3 is 0 Å². The maximum absolute atomic E-state index is 11.6. The molecule has 122 valence electrons. The lowest BCUT2D eigenvalue weighted by Crippen LogP contribution is -2.53. The number of imide groups is 1. The molecule has 2 bridgehead atoms. The Morgan fingerprint density at radius 3 is 2.18 bits per heavy atom. The van der Waals surface area contributed by atoms with Crippen molar-refractivity contribution in [2.45, 2.75) is 44.6 Å². The van der Waals surface area contributed by atoms with E-state index in [0.717, 1.165) is 50.6 Å². The number of carbonyl (C=O) groups is 2. The molecule has 3 atom stereocenters. The Labute approximate surface area is 132 Å². The van der Waals surface area contributed by atoms with Crippen molar-refractivity contribution < 1.29 is 9.59 Å². The van der Waals surface area contributed by atoms with Crippen LogP contribution in [0.25, 0.3) is 0 Å². The molecule has 0 aromatic rings. The number of fused-ring (bicyclic) bond motifs is 2. The number of likely N-dealkylation sites (tertiary alicyclic amines) is 1. The Bertz CT molecular complexity index is 443. The zero-order valence-corrected chi connectivity index (χ0v) is 13.4. The van der Waals surface area contributed by atoms with Gasteiger partial charge in [0.2, 0.25) is 11.8 Å². The van der Waals surface area contributed by atoms with Crippen LogP contribution in [0.15, 0.2) is 0 Å². The fraction of sp³-hybridized carbons (Fsp3) is 0.882. The van der Waals surface area contributed by atoms with Crippen LogP contribution in [0.2, 0.25) is 0 Å². The zero-order valence-electron chi connectivity index (χ0n) is 13.4. The number of hydrogen-bond donors (Lipinski definition) is 0. The van der Waals surface area contributed by atoms with Crippen LogP contribution in [0.1, 0.15) is 38.5 Å². The molecule has 2 saturated heterocycles. The van der Waals surface area contributed by atoms with Gasteiger partial charge in [0.1, 0.15) is 0 Å². The lowest BCUT2D eigenvalue weighted by molar-refractivity contribution is -0.138. The molecule has 2 aliphatic heterocycles. The van der Waals surface area contributed by atoms with E-state index in [4.69, 9.17) is 0 Å². The highest BCUT2D eigenvalue weighted by atomic mass is 16.2. The van der Waals surface area contributed by atoms with Gasteiger partial charge in [-0.05, 0) is 31.1 Å². The van der Waals surface area contributed by atoms with Crippen LogP contribution in [0.5, 0.6) is 0 Å². The molecule has 0 radical (unpaired) electrons. The first kappa shape index (κ1) is 14.6. The number of piperazine rings is 1. The molecule has 4 rings (SSSR count). The minimum atomic E-state index is 0.0191. The van der Waals surface area contributed by atoms with Crippen molar-refractivity contribution in [2.75, 3.05) is 39.3 Å². The summed E-state index contributed by atoms with van der Waals surface area (Å²) in [6.45, 7) is 5.94. The highest BCUT2D eigenvalue weighted by Gasteiger charge is 2.42. The van der Waals surface area contributed by atoms with E-state index >= 15 is 0 Å². The molecule has 0 unspecified atom stereocenters. The van der Waals surface area contributed by atoms with Gasteiger partial charge in [-0.25, -0.2) is 0 Å². The van der Waals surface area contributed by atoms with Crippen LogP contribution >= 0.6 is 0 Å². The minimum absolute atomic E-state index is 0.0191. The summed E-state index contributed by atoms with van der Waals surface area (Å²) in [6.07, 6.45) is 6.66. The fourth-order valence-corrected chi connectivity index (χ4v) is 5.09. The molecule has 2 amide bonds. The Morgan fingerprint density at radius 1 is 0.864 bits per heavy atom. The van der Waals surface area contributed by atoms with Crippen molar-refractivity contribution in [1.29, 1.82) is 0 Å². The van der Waals surface area contributed by atoms with E-state index < -0.39 is 0 Å². The summed E-state index contributed by atoms with van der Waals surface area (Å²) in [5.41, 5.74) is 0. The third kappa shape index (κ3) is 2.69. The summed E-state index contributed by atoms with van der Waals surface area (Å²) in [7, 11) is 0. The van der Waals surface area contributed by atoms with Gasteiger partial charge in [0.25, 0.3) is 0 Å². The first-order valence-corrected chi connectivity index (χ1v) is 9.00. The third-order valence-electron chi connectivity index (χ3n) is 6.37. The van der Waals surface area contributed by atoms with Crippen LogP contribution in [0.4, 0.5) is 0 Å². The van der Waals surface area contributed by atoms with Crippen molar-refractivity contribution in [2.24, 2.45) is 11.8 Å². The molecule has 5 nitrogen and oxygen atoms in total. The fourth-order valence-electron chi connectivity index (χ4n) is 5.09. The zero-order chi connectivity index (χ0) is 15.1. The van der Waals surface area contributed by atoms with Gasteiger partial charge in [-0.15, -0.1) is 0 Å². The van der Waals surface area contributed by atoms with Gasteiger partial charge in [0, 0.05) is 58.2 Å². The second-order valence-corrected chi connectivity index (χ2v) is 7.56. The molecule has 0 spiro atoms. The second kappa shape index (κ2) is 5.93. The van der Waals surface area contributed by atoms with Crippen molar-refractivity contribution in [1.82, 2.24) is 14.7 Å². The third-order valence-corrected chi connectivity index (χ3v) is 6.37. The Hall–Kier alpha value is -0.940. The quantitative estimate of drug-likeness (QED) is 0.725. The van der Waals surface area contributed by atoms with Crippen LogP contribution in [0.3, 0.4) is 0 Å². The average molecular weight is 305 g/mol. The van der Waals surface area contributed by atoms with E-state index in [-0.39, 0.29) is 11.8 Å². The van der Waals surface area contributed by atoms with Crippen molar-refractivity contribution in [3.8, 4) is 0 Å². The number of hydrogen-bond acceptors (Lipinski definition) is 4. The molecule has 2 aliphatic carbocycles. The van der Waals surface area contributed by atoms with Gasteiger partial charge in [-0.3, -0.25) is 24.3 Å². The van der Waals surface area contributed by atoms with Crippen molar-refractivity contribution >= 4 is 11.8 Å². The summed E-state index contributed by atoms with van der Waals surface area (Å²) in [6, 6.07) is 0.850. The minimum Gasteiger partial charge on any atom is -0.299 e. The van der Waals surface area contributed by atoms with Crippen molar-refractivity contribution in [3.63, 3.8) is 0 Å². The number of rotatable bonds is 4. The van der Waals surface area contributed by atoms with E-state index in [1.807, 2.05) is 0 Å². The van der Waals surface area contributed by atoms with Gasteiger partial charge < -0.3 is 0 Å². The Morgan fingerprint density at radius 2 is 1.59 bits per heavy atom. The Kier molecular flexibility index (Phi) is 3.95. The summed E-state index contributed by atoms with van der Waals surface area (Å²) in [4.78, 5) is 29.9. The average Bonchev–Trinajstić information content (AvgIpc) is 3.23. The van der Waals surface area contributed by atoms with Gasteiger partial charge in [-0.2, -0.15) is 0 Å². The molecule has 2 heterocycles. The van der Waals surface area contributed by atoms with E-state index in [0.29, 0.717) is 19.4 Å². The molecule has 4 aliphatic rings. The van der Waals surface area contributed by atoms with Gasteiger partial charge in [0.15, 0.2) is 0 Å². The number of nitrogens with zero attached hydrogens (tertiary/aromatic N) is 3. The predicted octanol–water partition coefficient (Wildman–Crippen LogP) is 0.942. The Balaban J connectivity index is 1.22. The lowest BCUT2D eigenvalue weighted by atomic mass is 9.93. The maximum atomic E-state index is 11.6. The highest BCUT2D eigenvalue weighted by molar-refractivity contribution is 6.01. The second-order valence-electron chi connectivity index (χ2n) is 7.56. The van der Waals surface area contributed by atoms with Crippen LogP contribution in [0, 0.1) is 11.8 Å². The van der Waals surface area contributed by atoms with E-state index in [2.05, 4.69) is 9.80 Å². The molecule has 22 heavy (non-hydrogen) atoms. The van der Waals surface area contributed by atoms with Gasteiger partial charge in [0.05, 0.1) is 0 Å². The number of carbonyl (C=O) groups excluding carboxylic acids is 2.